The summed E-state index contributed by atoms with van der Waals surface area (Å²) in [5.41, 5.74) is 2.35. The zero-order valence-electron chi connectivity index (χ0n) is 9.05. The van der Waals surface area contributed by atoms with Gasteiger partial charge in [-0.2, -0.15) is 0 Å². The van der Waals surface area contributed by atoms with Gasteiger partial charge >= 0.3 is 0 Å². The molecule has 0 saturated heterocycles. The van der Waals surface area contributed by atoms with Crippen LogP contribution >= 0.6 is 15.9 Å². The number of amides is 1. The average molecular weight is 280 g/mol. The molecule has 2 nitrogen and oxygen atoms in total. The molecule has 1 aliphatic heterocycles. The minimum absolute atomic E-state index is 0.0776. The fourth-order valence-corrected chi connectivity index (χ4v) is 3.47. The third-order valence-corrected chi connectivity index (χ3v) is 4.44. The van der Waals surface area contributed by atoms with E-state index in [0.29, 0.717) is 0 Å². The maximum atomic E-state index is 11.8. The normalized spacial score (nSPS) is 21.9. The van der Waals surface area contributed by atoms with Crippen LogP contribution in [0.2, 0.25) is 0 Å². The molecule has 0 aromatic heterocycles. The van der Waals surface area contributed by atoms with Gasteiger partial charge in [0.25, 0.3) is 5.91 Å². The van der Waals surface area contributed by atoms with Crippen LogP contribution in [0.1, 0.15) is 41.6 Å². The highest BCUT2D eigenvalue weighted by atomic mass is 79.9. The third kappa shape index (κ3) is 1.41. The highest BCUT2D eigenvalue weighted by Gasteiger charge is 2.41. The van der Waals surface area contributed by atoms with Crippen molar-refractivity contribution in [1.82, 2.24) is 5.32 Å². The van der Waals surface area contributed by atoms with Gasteiger partial charge in [0, 0.05) is 22.0 Å². The molecule has 0 atom stereocenters. The van der Waals surface area contributed by atoms with Crippen molar-refractivity contribution in [2.45, 2.75) is 31.1 Å². The Morgan fingerprint density at radius 3 is 2.75 bits per heavy atom. The number of benzene rings is 1. The van der Waals surface area contributed by atoms with Crippen LogP contribution in [0.3, 0.4) is 0 Å². The predicted octanol–water partition coefficient (Wildman–Crippen LogP) is 3.00. The maximum absolute atomic E-state index is 11.8. The molecule has 1 N–H and O–H groups in total. The Hall–Kier alpha value is -0.830. The van der Waals surface area contributed by atoms with Gasteiger partial charge in [0.2, 0.25) is 0 Å². The van der Waals surface area contributed by atoms with Gasteiger partial charge < -0.3 is 5.32 Å². The van der Waals surface area contributed by atoms with Crippen molar-refractivity contribution in [2.75, 3.05) is 6.54 Å². The molecule has 1 aromatic carbocycles. The summed E-state index contributed by atoms with van der Waals surface area (Å²) in [4.78, 5) is 11.8. The van der Waals surface area contributed by atoms with E-state index in [0.717, 1.165) is 16.6 Å². The molecular formula is C13H14BrNO. The van der Waals surface area contributed by atoms with Crippen molar-refractivity contribution in [1.29, 1.82) is 0 Å². The Balaban J connectivity index is 2.16. The highest BCUT2D eigenvalue weighted by molar-refractivity contribution is 9.10. The lowest BCUT2D eigenvalue weighted by molar-refractivity contribution is 0.0924. The maximum Gasteiger partial charge on any atom is 0.251 e. The van der Waals surface area contributed by atoms with E-state index >= 15 is 0 Å². The Labute approximate surface area is 104 Å². The molecule has 3 heteroatoms. The van der Waals surface area contributed by atoms with Crippen LogP contribution in [-0.4, -0.2) is 12.5 Å². The lowest BCUT2D eigenvalue weighted by Crippen LogP contribution is -2.45. The standard InChI is InChI=1S/C13H14BrNO/c14-9-3-4-11-10(7-9)12(16)15-8-13(11)5-1-2-6-13/h3-4,7H,1-2,5-6,8H2,(H,15,16). The number of rotatable bonds is 0. The first-order valence-electron chi connectivity index (χ1n) is 5.80. The minimum Gasteiger partial charge on any atom is -0.351 e. The van der Waals surface area contributed by atoms with Crippen LogP contribution in [0, 0.1) is 0 Å². The second kappa shape index (κ2) is 3.59. The summed E-state index contributed by atoms with van der Waals surface area (Å²) in [6.07, 6.45) is 4.99. The summed E-state index contributed by atoms with van der Waals surface area (Å²) in [6.45, 7) is 0.820. The third-order valence-electron chi connectivity index (χ3n) is 3.95. The first kappa shape index (κ1) is 10.3. The van der Waals surface area contributed by atoms with Gasteiger partial charge in [0.1, 0.15) is 0 Å². The second-order valence-corrected chi connectivity index (χ2v) is 5.78. The number of hydrogen-bond donors (Lipinski definition) is 1. The van der Waals surface area contributed by atoms with E-state index in [2.05, 4.69) is 33.4 Å². The van der Waals surface area contributed by atoms with Crippen LogP contribution in [-0.2, 0) is 5.41 Å². The van der Waals surface area contributed by atoms with Crippen molar-refractivity contribution in [3.05, 3.63) is 33.8 Å². The first-order chi connectivity index (χ1) is 7.71. The summed E-state index contributed by atoms with van der Waals surface area (Å²) in [5, 5.41) is 3.04. The quantitative estimate of drug-likeness (QED) is 0.777. The summed E-state index contributed by atoms with van der Waals surface area (Å²) in [5.74, 6) is 0.0776. The fraction of sp³-hybridized carbons (Fsp3) is 0.462. The van der Waals surface area contributed by atoms with Crippen molar-refractivity contribution in [2.24, 2.45) is 0 Å². The Bertz CT molecular complexity index is 449. The number of fused-ring (bicyclic) bond motifs is 2. The molecule has 1 amide bonds. The number of carbonyl (C=O) groups is 1. The smallest absolute Gasteiger partial charge is 0.251 e. The number of halogens is 1. The van der Waals surface area contributed by atoms with E-state index in [1.807, 2.05) is 6.07 Å². The molecule has 84 valence electrons. The molecule has 1 aliphatic carbocycles. The predicted molar refractivity (Wildman–Crippen MR) is 66.6 cm³/mol. The number of nitrogens with one attached hydrogen (secondary N) is 1. The van der Waals surface area contributed by atoms with Gasteiger partial charge in [0.05, 0.1) is 0 Å². The molecule has 16 heavy (non-hydrogen) atoms. The van der Waals surface area contributed by atoms with Crippen LogP contribution in [0.15, 0.2) is 22.7 Å². The zero-order valence-corrected chi connectivity index (χ0v) is 10.6. The largest absolute Gasteiger partial charge is 0.351 e. The molecule has 0 unspecified atom stereocenters. The molecule has 1 aromatic rings. The van der Waals surface area contributed by atoms with Crippen molar-refractivity contribution in [3.8, 4) is 0 Å². The molecule has 1 heterocycles. The fourth-order valence-electron chi connectivity index (χ4n) is 3.10. The van der Waals surface area contributed by atoms with Gasteiger partial charge in [-0.25, -0.2) is 0 Å². The molecule has 0 bridgehead atoms. The summed E-state index contributed by atoms with van der Waals surface area (Å²) in [6, 6.07) is 6.13. The van der Waals surface area contributed by atoms with Crippen LogP contribution in [0.4, 0.5) is 0 Å². The Kier molecular flexibility index (Phi) is 2.32. The van der Waals surface area contributed by atoms with Crippen LogP contribution in [0.5, 0.6) is 0 Å². The van der Waals surface area contributed by atoms with Crippen LogP contribution in [0.25, 0.3) is 0 Å². The Morgan fingerprint density at radius 1 is 1.25 bits per heavy atom. The van der Waals surface area contributed by atoms with Gasteiger partial charge in [-0.15, -0.1) is 0 Å². The van der Waals surface area contributed by atoms with E-state index in [1.54, 1.807) is 0 Å². The van der Waals surface area contributed by atoms with E-state index in [9.17, 15) is 4.79 Å². The Morgan fingerprint density at radius 2 is 2.00 bits per heavy atom. The topological polar surface area (TPSA) is 29.1 Å². The van der Waals surface area contributed by atoms with Crippen molar-refractivity contribution >= 4 is 21.8 Å². The molecular weight excluding hydrogens is 266 g/mol. The van der Waals surface area contributed by atoms with Crippen molar-refractivity contribution in [3.63, 3.8) is 0 Å². The minimum atomic E-state index is 0.0776. The first-order valence-corrected chi connectivity index (χ1v) is 6.59. The van der Waals surface area contributed by atoms with Gasteiger partial charge in [0.15, 0.2) is 0 Å². The average Bonchev–Trinajstić information content (AvgIpc) is 2.74. The van der Waals surface area contributed by atoms with Crippen molar-refractivity contribution < 1.29 is 4.79 Å². The molecule has 0 radical (unpaired) electrons. The van der Waals surface area contributed by atoms with E-state index in [4.69, 9.17) is 0 Å². The lowest BCUT2D eigenvalue weighted by atomic mass is 9.74. The summed E-state index contributed by atoms with van der Waals surface area (Å²) in [7, 11) is 0. The molecule has 1 fully saturated rings. The summed E-state index contributed by atoms with van der Waals surface area (Å²) < 4.78 is 0.983. The van der Waals surface area contributed by atoms with Gasteiger partial charge in [-0.1, -0.05) is 34.8 Å². The highest BCUT2D eigenvalue weighted by Crippen LogP contribution is 2.44. The van der Waals surface area contributed by atoms with E-state index < -0.39 is 0 Å². The van der Waals surface area contributed by atoms with E-state index in [-0.39, 0.29) is 11.3 Å². The van der Waals surface area contributed by atoms with Crippen LogP contribution < -0.4 is 5.32 Å². The number of hydrogen-bond acceptors (Lipinski definition) is 1. The molecule has 1 spiro atoms. The van der Waals surface area contributed by atoms with Gasteiger partial charge in [-0.05, 0) is 30.5 Å². The molecule has 3 rings (SSSR count). The SMILES string of the molecule is O=C1NCC2(CCCC2)c2ccc(Br)cc21. The molecule has 2 aliphatic rings. The van der Waals surface area contributed by atoms with E-state index in [1.165, 1.54) is 31.2 Å². The number of carbonyl (C=O) groups excluding carboxylic acids is 1. The van der Waals surface area contributed by atoms with Gasteiger partial charge in [-0.3, -0.25) is 4.79 Å². The summed E-state index contributed by atoms with van der Waals surface area (Å²) >= 11 is 3.43. The second-order valence-electron chi connectivity index (χ2n) is 4.86. The zero-order chi connectivity index (χ0) is 11.2. The monoisotopic (exact) mass is 279 g/mol. The molecule has 1 saturated carbocycles. The lowest BCUT2D eigenvalue weighted by Gasteiger charge is -2.35.